The molecule has 0 saturated carbocycles. The zero-order valence-corrected chi connectivity index (χ0v) is 23.5. The van der Waals surface area contributed by atoms with E-state index in [1.165, 1.54) is 12.0 Å². The van der Waals surface area contributed by atoms with Crippen molar-refractivity contribution in [1.82, 2.24) is 4.98 Å². The quantitative estimate of drug-likeness (QED) is 0.112. The summed E-state index contributed by atoms with van der Waals surface area (Å²) >= 11 is 0.969. The molecule has 0 aliphatic carbocycles. The van der Waals surface area contributed by atoms with Gasteiger partial charge in [-0.1, -0.05) is 62.8 Å². The van der Waals surface area contributed by atoms with Crippen LogP contribution in [-0.2, 0) is 14.3 Å². The highest BCUT2D eigenvalue weighted by Crippen LogP contribution is 2.44. The lowest BCUT2D eigenvalue weighted by Crippen LogP contribution is -2.29. The van der Waals surface area contributed by atoms with Crippen LogP contribution in [0.15, 0.2) is 54.1 Å². The van der Waals surface area contributed by atoms with Crippen LogP contribution < -0.4 is 9.64 Å². The Labute approximate surface area is 231 Å². The van der Waals surface area contributed by atoms with E-state index in [0.29, 0.717) is 29.2 Å². The molecule has 0 radical (unpaired) electrons. The van der Waals surface area contributed by atoms with E-state index in [2.05, 4.69) is 25.8 Å². The second kappa shape index (κ2) is 11.8. The molecule has 1 fully saturated rings. The number of carbonyl (C=O) groups excluding carboxylic acids is 3. The van der Waals surface area contributed by atoms with Crippen LogP contribution >= 0.6 is 11.3 Å². The van der Waals surface area contributed by atoms with E-state index >= 15 is 0 Å². The molecule has 204 valence electrons. The van der Waals surface area contributed by atoms with Crippen LogP contribution in [0.25, 0.3) is 5.76 Å². The maximum Gasteiger partial charge on any atom is 0.350 e. The van der Waals surface area contributed by atoms with Crippen LogP contribution in [0.3, 0.4) is 0 Å². The molecule has 1 atom stereocenters. The van der Waals surface area contributed by atoms with Crippen molar-refractivity contribution in [1.29, 1.82) is 0 Å². The number of hydrogen-bond donors (Lipinski definition) is 1. The number of nitrogens with zero attached hydrogens (tertiary/aromatic N) is 2. The van der Waals surface area contributed by atoms with E-state index in [1.54, 1.807) is 31.2 Å². The second-order valence-corrected chi connectivity index (χ2v) is 10.6. The molecule has 1 aliphatic heterocycles. The van der Waals surface area contributed by atoms with Gasteiger partial charge in [0.1, 0.15) is 16.4 Å². The fourth-order valence-electron chi connectivity index (χ4n) is 4.37. The number of aryl methyl sites for hydroxylation is 1. The first-order valence-electron chi connectivity index (χ1n) is 12.9. The first-order chi connectivity index (χ1) is 18.7. The Balaban J connectivity index is 1.83. The normalized spacial score (nSPS) is 16.7. The van der Waals surface area contributed by atoms with Gasteiger partial charge < -0.3 is 14.6 Å². The van der Waals surface area contributed by atoms with Crippen molar-refractivity contribution in [2.24, 2.45) is 0 Å². The zero-order valence-electron chi connectivity index (χ0n) is 22.7. The predicted octanol–water partition coefficient (Wildman–Crippen LogP) is 6.17. The van der Waals surface area contributed by atoms with Gasteiger partial charge in [-0.15, -0.1) is 0 Å². The summed E-state index contributed by atoms with van der Waals surface area (Å²) in [6, 6.07) is 13.4. The van der Waals surface area contributed by atoms with E-state index in [4.69, 9.17) is 9.47 Å². The summed E-state index contributed by atoms with van der Waals surface area (Å²) in [5, 5.41) is 11.6. The number of aliphatic hydroxyl groups is 1. The Bertz CT molecular complexity index is 1410. The minimum Gasteiger partial charge on any atom is -0.507 e. The van der Waals surface area contributed by atoms with Crippen LogP contribution in [0.5, 0.6) is 5.75 Å². The standard InChI is InChI=1S/C30H32N2O6S/c1-6-7-16-38-22-14-12-21(13-15-22)25(33)23-24(20-10-8-19(9-11-20)17(2)3)32(28(35)26(23)34)30-31-18(4)27(39-30)29(36)37-5/h8-15,17,24,33H,6-7,16H2,1-5H3. The van der Waals surface area contributed by atoms with Gasteiger partial charge in [-0.2, -0.15) is 0 Å². The Morgan fingerprint density at radius 3 is 2.36 bits per heavy atom. The summed E-state index contributed by atoms with van der Waals surface area (Å²) in [5.41, 5.74) is 2.44. The summed E-state index contributed by atoms with van der Waals surface area (Å²) in [6.45, 7) is 8.45. The second-order valence-electron chi connectivity index (χ2n) is 9.62. The van der Waals surface area contributed by atoms with E-state index in [-0.39, 0.29) is 27.3 Å². The van der Waals surface area contributed by atoms with Crippen molar-refractivity contribution in [2.75, 3.05) is 18.6 Å². The number of Topliss-reactive ketones (excluding diaryl/α,β-unsaturated/α-hetero) is 1. The smallest absolute Gasteiger partial charge is 0.350 e. The van der Waals surface area contributed by atoms with Crippen molar-refractivity contribution in [2.45, 2.75) is 52.5 Å². The summed E-state index contributed by atoms with van der Waals surface area (Å²) < 4.78 is 10.6. The van der Waals surface area contributed by atoms with Gasteiger partial charge in [-0.3, -0.25) is 14.5 Å². The molecule has 0 spiro atoms. The van der Waals surface area contributed by atoms with Gasteiger partial charge in [0, 0.05) is 5.56 Å². The topological polar surface area (TPSA) is 106 Å². The Kier molecular flexibility index (Phi) is 8.50. The number of anilines is 1. The van der Waals surface area contributed by atoms with E-state index in [9.17, 15) is 19.5 Å². The molecule has 8 nitrogen and oxygen atoms in total. The number of aliphatic hydroxyl groups excluding tert-OH is 1. The lowest BCUT2D eigenvalue weighted by Gasteiger charge is -2.23. The fourth-order valence-corrected chi connectivity index (χ4v) is 5.39. The highest BCUT2D eigenvalue weighted by molar-refractivity contribution is 7.17. The van der Waals surface area contributed by atoms with Gasteiger partial charge >= 0.3 is 11.9 Å². The molecule has 1 amide bonds. The lowest BCUT2D eigenvalue weighted by molar-refractivity contribution is -0.132. The van der Waals surface area contributed by atoms with Crippen molar-refractivity contribution in [3.63, 3.8) is 0 Å². The molecular weight excluding hydrogens is 516 g/mol. The number of hydrogen-bond acceptors (Lipinski definition) is 8. The molecule has 0 bridgehead atoms. The molecule has 1 aromatic heterocycles. The van der Waals surface area contributed by atoms with Crippen LogP contribution in [0.1, 0.15) is 77.6 Å². The van der Waals surface area contributed by atoms with Crippen molar-refractivity contribution < 1.29 is 29.0 Å². The molecule has 39 heavy (non-hydrogen) atoms. The lowest BCUT2D eigenvalue weighted by atomic mass is 9.93. The number of esters is 1. The SMILES string of the molecule is CCCCOc1ccc(C(O)=C2C(=O)C(=O)N(c3nc(C)c(C(=O)OC)s3)C2c2ccc(C(C)C)cc2)cc1. The van der Waals surface area contributed by atoms with Gasteiger partial charge in [0.2, 0.25) is 0 Å². The summed E-state index contributed by atoms with van der Waals surface area (Å²) in [4.78, 5) is 45.0. The number of ether oxygens (including phenoxy) is 2. The van der Waals surface area contributed by atoms with Gasteiger partial charge in [0.05, 0.1) is 31.0 Å². The molecule has 9 heteroatoms. The molecule has 2 aromatic carbocycles. The first kappa shape index (κ1) is 28.0. The van der Waals surface area contributed by atoms with Gasteiger partial charge in [-0.05, 0) is 54.7 Å². The Hall–Kier alpha value is -3.98. The fraction of sp³-hybridized carbons (Fsp3) is 0.333. The van der Waals surface area contributed by atoms with Crippen LogP contribution in [0, 0.1) is 6.92 Å². The molecule has 3 aromatic rings. The third-order valence-electron chi connectivity index (χ3n) is 6.62. The van der Waals surface area contributed by atoms with Gasteiger partial charge in [-0.25, -0.2) is 9.78 Å². The number of amides is 1. The van der Waals surface area contributed by atoms with E-state index < -0.39 is 23.7 Å². The number of rotatable bonds is 9. The third-order valence-corrected chi connectivity index (χ3v) is 7.76. The third kappa shape index (κ3) is 5.59. The maximum absolute atomic E-state index is 13.4. The monoisotopic (exact) mass is 548 g/mol. The van der Waals surface area contributed by atoms with Gasteiger partial charge in [0.25, 0.3) is 5.78 Å². The number of methoxy groups -OCH3 is 1. The van der Waals surface area contributed by atoms with Crippen molar-refractivity contribution in [3.05, 3.63) is 81.4 Å². The molecule has 1 saturated heterocycles. The van der Waals surface area contributed by atoms with Crippen LogP contribution in [0.2, 0.25) is 0 Å². The van der Waals surface area contributed by atoms with Crippen molar-refractivity contribution in [3.8, 4) is 5.75 Å². The number of carbonyl (C=O) groups is 3. The molecule has 1 aliphatic rings. The maximum atomic E-state index is 13.4. The summed E-state index contributed by atoms with van der Waals surface area (Å²) in [5.74, 6) is -1.61. The number of ketones is 1. The minimum absolute atomic E-state index is 0.0515. The highest BCUT2D eigenvalue weighted by atomic mass is 32.1. The van der Waals surface area contributed by atoms with Crippen molar-refractivity contribution >= 4 is 39.9 Å². The minimum atomic E-state index is -0.942. The molecule has 2 heterocycles. The highest BCUT2D eigenvalue weighted by Gasteiger charge is 2.48. The molecular formula is C30H32N2O6S. The average Bonchev–Trinajstić information content (AvgIpc) is 3.44. The number of unbranched alkanes of at least 4 members (excludes halogenated alkanes) is 1. The molecule has 4 rings (SSSR count). The average molecular weight is 549 g/mol. The van der Waals surface area contributed by atoms with E-state index in [0.717, 1.165) is 29.7 Å². The number of benzene rings is 2. The largest absolute Gasteiger partial charge is 0.507 e. The summed E-state index contributed by atoms with van der Waals surface area (Å²) in [6.07, 6.45) is 1.94. The molecule has 1 unspecified atom stereocenters. The number of thiazole rings is 1. The zero-order chi connectivity index (χ0) is 28.3. The first-order valence-corrected chi connectivity index (χ1v) is 13.7. The Morgan fingerprint density at radius 2 is 1.77 bits per heavy atom. The van der Waals surface area contributed by atoms with E-state index in [1.807, 2.05) is 24.3 Å². The van der Waals surface area contributed by atoms with Crippen LogP contribution in [0.4, 0.5) is 5.13 Å². The Morgan fingerprint density at radius 1 is 1.10 bits per heavy atom. The van der Waals surface area contributed by atoms with Crippen LogP contribution in [-0.4, -0.2) is 41.5 Å². The summed E-state index contributed by atoms with van der Waals surface area (Å²) in [7, 11) is 1.27. The number of aromatic nitrogens is 1. The van der Waals surface area contributed by atoms with Gasteiger partial charge in [0.15, 0.2) is 5.13 Å². The molecule has 1 N–H and O–H groups in total. The predicted molar refractivity (Wildman–Crippen MR) is 150 cm³/mol.